The Labute approximate surface area is 155 Å². The molecular formula is C20H15ClN4O. The number of ether oxygens (including phenoxy) is 1. The summed E-state index contributed by atoms with van der Waals surface area (Å²) in [6.45, 7) is 1.89. The summed E-state index contributed by atoms with van der Waals surface area (Å²) in [5.74, 6) is 0.159. The van der Waals surface area contributed by atoms with Crippen LogP contribution in [0.3, 0.4) is 0 Å². The van der Waals surface area contributed by atoms with Crippen molar-refractivity contribution in [2.75, 3.05) is 0 Å². The van der Waals surface area contributed by atoms with Crippen LogP contribution in [-0.4, -0.2) is 9.78 Å². The van der Waals surface area contributed by atoms with Crippen molar-refractivity contribution in [1.82, 2.24) is 9.78 Å². The van der Waals surface area contributed by atoms with E-state index in [1.807, 2.05) is 55.5 Å². The predicted octanol–water partition coefficient (Wildman–Crippen LogP) is 4.05. The Kier molecular flexibility index (Phi) is 3.90. The summed E-state index contributed by atoms with van der Waals surface area (Å²) in [5, 5.41) is 14.9. The van der Waals surface area contributed by atoms with Gasteiger partial charge >= 0.3 is 0 Å². The highest BCUT2D eigenvalue weighted by Crippen LogP contribution is 2.46. The Balaban J connectivity index is 1.99. The lowest BCUT2D eigenvalue weighted by Gasteiger charge is -2.25. The molecule has 128 valence electrons. The number of nitrogens with two attached hydrogens (primary N) is 1. The summed E-state index contributed by atoms with van der Waals surface area (Å²) in [5.41, 5.74) is 9.63. The molecule has 0 fully saturated rings. The minimum atomic E-state index is -0.421. The van der Waals surface area contributed by atoms with Gasteiger partial charge in [0.1, 0.15) is 11.6 Å². The molecule has 1 aromatic heterocycles. The third-order valence-electron chi connectivity index (χ3n) is 4.45. The highest BCUT2D eigenvalue weighted by molar-refractivity contribution is 6.31. The van der Waals surface area contributed by atoms with Gasteiger partial charge in [0.15, 0.2) is 0 Å². The first-order valence-corrected chi connectivity index (χ1v) is 8.46. The number of nitrogens with zero attached hydrogens (tertiary/aromatic N) is 3. The zero-order valence-corrected chi connectivity index (χ0v) is 14.7. The molecule has 2 heterocycles. The van der Waals surface area contributed by atoms with E-state index in [1.165, 1.54) is 0 Å². The number of aromatic nitrogens is 2. The van der Waals surface area contributed by atoms with Crippen LogP contribution in [-0.2, 0) is 0 Å². The molecule has 6 heteroatoms. The van der Waals surface area contributed by atoms with Crippen LogP contribution < -0.4 is 10.5 Å². The minimum absolute atomic E-state index is 0.0713. The number of hydrogen-bond acceptors (Lipinski definition) is 4. The molecule has 0 amide bonds. The van der Waals surface area contributed by atoms with Crippen molar-refractivity contribution in [3.05, 3.63) is 87.9 Å². The van der Waals surface area contributed by atoms with Crippen molar-refractivity contribution in [3.63, 3.8) is 0 Å². The van der Waals surface area contributed by atoms with Gasteiger partial charge in [-0.25, -0.2) is 4.68 Å². The van der Waals surface area contributed by atoms with Crippen LogP contribution in [0.5, 0.6) is 5.88 Å². The van der Waals surface area contributed by atoms with Crippen LogP contribution in [0.1, 0.15) is 22.7 Å². The first-order chi connectivity index (χ1) is 12.6. The zero-order chi connectivity index (χ0) is 18.3. The molecule has 5 nitrogen and oxygen atoms in total. The topological polar surface area (TPSA) is 76.9 Å². The molecule has 26 heavy (non-hydrogen) atoms. The van der Waals surface area contributed by atoms with E-state index in [0.717, 1.165) is 22.5 Å². The lowest BCUT2D eigenvalue weighted by atomic mass is 9.84. The second-order valence-corrected chi connectivity index (χ2v) is 6.41. The smallest absolute Gasteiger partial charge is 0.229 e. The van der Waals surface area contributed by atoms with Crippen LogP contribution in [0.25, 0.3) is 5.69 Å². The van der Waals surface area contributed by atoms with E-state index in [0.29, 0.717) is 16.5 Å². The third-order valence-corrected chi connectivity index (χ3v) is 4.79. The molecule has 1 unspecified atom stereocenters. The van der Waals surface area contributed by atoms with Crippen LogP contribution in [0.2, 0.25) is 5.02 Å². The number of halogens is 1. The maximum Gasteiger partial charge on any atom is 0.229 e. The Morgan fingerprint density at radius 2 is 1.85 bits per heavy atom. The van der Waals surface area contributed by atoms with Gasteiger partial charge in [0.05, 0.1) is 22.9 Å². The van der Waals surface area contributed by atoms with Crippen molar-refractivity contribution in [2.45, 2.75) is 12.8 Å². The van der Waals surface area contributed by atoms with Gasteiger partial charge in [-0.2, -0.15) is 10.4 Å². The molecule has 0 radical (unpaired) electrons. The summed E-state index contributed by atoms with van der Waals surface area (Å²) in [6, 6.07) is 19.3. The van der Waals surface area contributed by atoms with Gasteiger partial charge in [0.2, 0.25) is 11.8 Å². The number of benzene rings is 2. The molecule has 0 aliphatic carbocycles. The molecule has 4 rings (SSSR count). The second kappa shape index (κ2) is 6.25. The number of fused-ring (bicyclic) bond motifs is 1. The van der Waals surface area contributed by atoms with E-state index in [2.05, 4.69) is 11.2 Å². The van der Waals surface area contributed by atoms with E-state index in [9.17, 15) is 5.26 Å². The van der Waals surface area contributed by atoms with Crippen LogP contribution in [0.4, 0.5) is 0 Å². The van der Waals surface area contributed by atoms with Gasteiger partial charge < -0.3 is 10.5 Å². The highest BCUT2D eigenvalue weighted by Gasteiger charge is 2.36. The van der Waals surface area contributed by atoms with E-state index < -0.39 is 5.92 Å². The Bertz CT molecular complexity index is 1060. The molecule has 0 bridgehead atoms. The van der Waals surface area contributed by atoms with Crippen LogP contribution in [0.15, 0.2) is 66.1 Å². The van der Waals surface area contributed by atoms with E-state index in [1.54, 1.807) is 10.7 Å². The zero-order valence-electron chi connectivity index (χ0n) is 14.0. The van der Waals surface area contributed by atoms with Gasteiger partial charge in [0, 0.05) is 5.02 Å². The highest BCUT2D eigenvalue weighted by atomic mass is 35.5. The number of aryl methyl sites for hydroxylation is 1. The van der Waals surface area contributed by atoms with Gasteiger partial charge in [-0.15, -0.1) is 0 Å². The molecular weight excluding hydrogens is 348 g/mol. The van der Waals surface area contributed by atoms with Crippen LogP contribution >= 0.6 is 11.6 Å². The van der Waals surface area contributed by atoms with Crippen LogP contribution in [0, 0.1) is 18.3 Å². The second-order valence-electron chi connectivity index (χ2n) is 6.00. The number of rotatable bonds is 2. The van der Waals surface area contributed by atoms with E-state index in [4.69, 9.17) is 22.1 Å². The van der Waals surface area contributed by atoms with E-state index >= 15 is 0 Å². The summed E-state index contributed by atoms with van der Waals surface area (Å²) in [4.78, 5) is 0. The molecule has 2 N–H and O–H groups in total. The monoisotopic (exact) mass is 362 g/mol. The summed E-state index contributed by atoms with van der Waals surface area (Å²) in [7, 11) is 0. The van der Waals surface area contributed by atoms with Gasteiger partial charge in [-0.1, -0.05) is 48.0 Å². The summed E-state index contributed by atoms with van der Waals surface area (Å²) >= 11 is 6.43. The third kappa shape index (κ3) is 2.43. The fraction of sp³-hybridized carbons (Fsp3) is 0.100. The molecule has 0 spiro atoms. The molecule has 1 aliphatic heterocycles. The average molecular weight is 363 g/mol. The maximum atomic E-state index is 9.69. The number of hydrogen-bond donors (Lipinski definition) is 1. The van der Waals surface area contributed by atoms with Crippen molar-refractivity contribution in [2.24, 2.45) is 5.73 Å². The molecule has 1 aliphatic rings. The molecule has 1 atom stereocenters. The molecule has 0 saturated carbocycles. The minimum Gasteiger partial charge on any atom is -0.422 e. The number of nitriles is 1. The fourth-order valence-electron chi connectivity index (χ4n) is 3.28. The fourth-order valence-corrected chi connectivity index (χ4v) is 3.52. The largest absolute Gasteiger partial charge is 0.422 e. The van der Waals surface area contributed by atoms with Crippen molar-refractivity contribution in [3.8, 4) is 17.6 Å². The van der Waals surface area contributed by atoms with Gasteiger partial charge in [-0.3, -0.25) is 0 Å². The van der Waals surface area contributed by atoms with Gasteiger partial charge in [0.25, 0.3) is 0 Å². The Hall–Kier alpha value is -3.23. The van der Waals surface area contributed by atoms with Crippen molar-refractivity contribution < 1.29 is 4.74 Å². The summed E-state index contributed by atoms with van der Waals surface area (Å²) < 4.78 is 7.53. The van der Waals surface area contributed by atoms with E-state index in [-0.39, 0.29) is 5.88 Å². The SMILES string of the molecule is Cc1nn(-c2ccccc2)c2c1C(c1ccccc1Cl)C(C#N)=C(N)O2. The number of allylic oxidation sites excluding steroid dienone is 1. The molecule has 2 aromatic carbocycles. The predicted molar refractivity (Wildman–Crippen MR) is 99.1 cm³/mol. The Morgan fingerprint density at radius 1 is 1.15 bits per heavy atom. The molecule has 3 aromatic rings. The normalized spacial score (nSPS) is 16.0. The average Bonchev–Trinajstić information content (AvgIpc) is 2.98. The molecule has 0 saturated heterocycles. The van der Waals surface area contributed by atoms with Crippen molar-refractivity contribution in [1.29, 1.82) is 5.26 Å². The van der Waals surface area contributed by atoms with Gasteiger partial charge in [-0.05, 0) is 30.7 Å². The maximum absolute atomic E-state index is 9.69. The summed E-state index contributed by atoms with van der Waals surface area (Å²) in [6.07, 6.45) is 0. The van der Waals surface area contributed by atoms with Crippen molar-refractivity contribution >= 4 is 11.6 Å². The number of para-hydroxylation sites is 1. The lowest BCUT2D eigenvalue weighted by Crippen LogP contribution is -2.22. The standard InChI is InChI=1S/C20H15ClN4O/c1-12-17-18(14-9-5-6-10-16(14)21)15(11-22)19(23)26-20(17)25(24-12)13-7-3-2-4-8-13/h2-10,18H,23H2,1H3. The lowest BCUT2D eigenvalue weighted by molar-refractivity contribution is 0.367. The first kappa shape index (κ1) is 16.2. The first-order valence-electron chi connectivity index (χ1n) is 8.08. The Morgan fingerprint density at radius 3 is 2.54 bits per heavy atom. The quantitative estimate of drug-likeness (QED) is 0.746.